The minimum absolute atomic E-state index is 0.147. The maximum Gasteiger partial charge on any atom is 0.417 e. The summed E-state index contributed by atoms with van der Waals surface area (Å²) < 4.78 is 87.7. The summed E-state index contributed by atoms with van der Waals surface area (Å²) in [7, 11) is 0. The topological polar surface area (TPSA) is 55.4 Å². The van der Waals surface area contributed by atoms with E-state index in [-0.39, 0.29) is 26.2 Å². The summed E-state index contributed by atoms with van der Waals surface area (Å²) in [5, 5.41) is 1.54. The van der Waals surface area contributed by atoms with Crippen molar-refractivity contribution in [2.45, 2.75) is 57.6 Å². The minimum Gasteiger partial charge on any atom is -0.458 e. The van der Waals surface area contributed by atoms with Gasteiger partial charge in [0.2, 0.25) is 0 Å². The number of alkyl halides is 6. The second-order valence-corrected chi connectivity index (χ2v) is 10.4. The van der Waals surface area contributed by atoms with Gasteiger partial charge < -0.3 is 10.1 Å². The van der Waals surface area contributed by atoms with Crippen LogP contribution in [-0.4, -0.2) is 29.7 Å². The summed E-state index contributed by atoms with van der Waals surface area (Å²) in [6, 6.07) is 3.01. The lowest BCUT2D eigenvalue weighted by Crippen LogP contribution is -2.42. The molecule has 1 N–H and O–H groups in total. The molecule has 0 aliphatic rings. The van der Waals surface area contributed by atoms with Crippen LogP contribution in [0.3, 0.4) is 0 Å². The zero-order chi connectivity index (χ0) is 29.2. The molecule has 13 heteroatoms. The molecular formula is C25H22Cl3F6NO3. The molecule has 0 aromatic heterocycles. The molecule has 2 rings (SSSR count). The number of ether oxygens (including phenoxy) is 1. The van der Waals surface area contributed by atoms with Gasteiger partial charge in [0.15, 0.2) is 0 Å². The molecule has 0 heterocycles. The van der Waals surface area contributed by atoms with E-state index >= 15 is 0 Å². The average molecular weight is 605 g/mol. The third-order valence-electron chi connectivity index (χ3n) is 4.90. The first kappa shape index (κ1) is 31.8. The first-order valence-corrected chi connectivity index (χ1v) is 12.0. The smallest absolute Gasteiger partial charge is 0.417 e. The molecule has 2 atom stereocenters. The Morgan fingerprint density at radius 2 is 1.50 bits per heavy atom. The normalized spacial score (nSPS) is 14.3. The first-order valence-electron chi connectivity index (χ1n) is 10.8. The highest BCUT2D eigenvalue weighted by atomic mass is 35.5. The van der Waals surface area contributed by atoms with E-state index in [1.165, 1.54) is 6.92 Å². The van der Waals surface area contributed by atoms with Gasteiger partial charge in [-0.2, -0.15) is 26.3 Å². The fraction of sp³-hybridized carbons (Fsp3) is 0.360. The predicted octanol–water partition coefficient (Wildman–Crippen LogP) is 8.48. The number of benzene rings is 2. The summed E-state index contributed by atoms with van der Waals surface area (Å²) >= 11 is 17.5. The van der Waals surface area contributed by atoms with Crippen LogP contribution < -0.4 is 5.32 Å². The monoisotopic (exact) mass is 603 g/mol. The van der Waals surface area contributed by atoms with Crippen molar-refractivity contribution < 1.29 is 40.7 Å². The van der Waals surface area contributed by atoms with Crippen molar-refractivity contribution in [3.8, 4) is 0 Å². The molecule has 208 valence electrons. The van der Waals surface area contributed by atoms with Crippen LogP contribution in [0.1, 0.15) is 60.7 Å². The van der Waals surface area contributed by atoms with Gasteiger partial charge >= 0.3 is 18.3 Å². The number of hydrogen-bond donors (Lipinski definition) is 1. The molecule has 2 aromatic rings. The Kier molecular flexibility index (Phi) is 9.83. The Bertz CT molecular complexity index is 1210. The Balaban J connectivity index is 2.42. The SMILES string of the molecule is C[C@@H](NC(=O)c1ccc(/C=C/C(c2cc(Cl)c(Cl)c(Cl)c2)C(F)(F)F)cc1C(F)(F)F)C(=O)OC(C)(C)C. The molecule has 4 nitrogen and oxygen atoms in total. The number of carbonyl (C=O) groups excluding carboxylic acids is 2. The molecule has 0 spiro atoms. The number of carbonyl (C=O) groups is 2. The van der Waals surface area contributed by atoms with Crippen LogP contribution in [0.2, 0.25) is 15.1 Å². The van der Waals surface area contributed by atoms with Gasteiger partial charge in [-0.05, 0) is 63.1 Å². The van der Waals surface area contributed by atoms with Crippen LogP contribution in [-0.2, 0) is 15.7 Å². The molecule has 2 aromatic carbocycles. The van der Waals surface area contributed by atoms with Crippen molar-refractivity contribution in [3.05, 3.63) is 73.7 Å². The molecule has 1 amide bonds. The maximum atomic E-state index is 13.8. The van der Waals surface area contributed by atoms with E-state index in [0.29, 0.717) is 12.1 Å². The van der Waals surface area contributed by atoms with Gasteiger partial charge in [0, 0.05) is 0 Å². The van der Waals surface area contributed by atoms with E-state index in [1.54, 1.807) is 20.8 Å². The third kappa shape index (κ3) is 8.54. The van der Waals surface area contributed by atoms with Gasteiger partial charge in [0.05, 0.1) is 32.1 Å². The lowest BCUT2D eigenvalue weighted by Gasteiger charge is -2.23. The van der Waals surface area contributed by atoms with Gasteiger partial charge in [-0.15, -0.1) is 0 Å². The Labute approximate surface area is 229 Å². The van der Waals surface area contributed by atoms with Crippen molar-refractivity contribution in [2.24, 2.45) is 0 Å². The second-order valence-electron chi connectivity index (χ2n) is 9.21. The molecule has 0 aliphatic heterocycles. The second kappa shape index (κ2) is 11.8. The minimum atomic E-state index is -5.04. The van der Waals surface area contributed by atoms with Gasteiger partial charge in [-0.3, -0.25) is 4.79 Å². The quantitative estimate of drug-likeness (QED) is 0.204. The van der Waals surface area contributed by atoms with E-state index in [4.69, 9.17) is 39.5 Å². The van der Waals surface area contributed by atoms with E-state index in [9.17, 15) is 35.9 Å². The van der Waals surface area contributed by atoms with Crippen molar-refractivity contribution >= 4 is 52.8 Å². The molecule has 38 heavy (non-hydrogen) atoms. The van der Waals surface area contributed by atoms with Gasteiger partial charge in [0.1, 0.15) is 11.6 Å². The van der Waals surface area contributed by atoms with Crippen LogP contribution >= 0.6 is 34.8 Å². The van der Waals surface area contributed by atoms with Gasteiger partial charge in [-0.25, -0.2) is 4.79 Å². The summed E-state index contributed by atoms with van der Waals surface area (Å²) in [5.41, 5.74) is -3.77. The van der Waals surface area contributed by atoms with E-state index < -0.39 is 52.9 Å². The lowest BCUT2D eigenvalue weighted by atomic mass is 9.96. The fourth-order valence-corrected chi connectivity index (χ4v) is 3.81. The maximum absolute atomic E-state index is 13.8. The van der Waals surface area contributed by atoms with Gasteiger partial charge in [-0.1, -0.05) is 53.0 Å². The molecule has 0 saturated carbocycles. The Morgan fingerprint density at radius 1 is 0.947 bits per heavy atom. The van der Waals surface area contributed by atoms with Crippen molar-refractivity contribution in [1.82, 2.24) is 5.32 Å². The van der Waals surface area contributed by atoms with Crippen LogP contribution in [0, 0.1) is 0 Å². The highest BCUT2D eigenvalue weighted by Crippen LogP contribution is 2.41. The van der Waals surface area contributed by atoms with Crippen LogP contribution in [0.4, 0.5) is 26.3 Å². The van der Waals surface area contributed by atoms with Crippen molar-refractivity contribution in [3.63, 3.8) is 0 Å². The molecule has 1 unspecified atom stereocenters. The zero-order valence-corrected chi connectivity index (χ0v) is 22.6. The number of esters is 1. The predicted molar refractivity (Wildman–Crippen MR) is 134 cm³/mol. The highest BCUT2D eigenvalue weighted by Gasteiger charge is 2.40. The number of nitrogens with one attached hydrogen (secondary N) is 1. The van der Waals surface area contributed by atoms with Crippen LogP contribution in [0.25, 0.3) is 6.08 Å². The Hall–Kier alpha value is -2.43. The molecule has 0 radical (unpaired) electrons. The lowest BCUT2D eigenvalue weighted by molar-refractivity contribution is -0.156. The summed E-state index contributed by atoms with van der Waals surface area (Å²) in [6.07, 6.45) is -8.42. The highest BCUT2D eigenvalue weighted by molar-refractivity contribution is 6.48. The molecule has 0 saturated heterocycles. The largest absolute Gasteiger partial charge is 0.458 e. The number of hydrogen-bond acceptors (Lipinski definition) is 3. The Morgan fingerprint density at radius 3 is 1.97 bits per heavy atom. The fourth-order valence-electron chi connectivity index (χ4n) is 3.19. The number of rotatable bonds is 6. The molecular weight excluding hydrogens is 583 g/mol. The number of allylic oxidation sites excluding steroid dienone is 1. The summed E-state index contributed by atoms with van der Waals surface area (Å²) in [5.74, 6) is -4.36. The molecule has 0 aliphatic carbocycles. The number of amides is 1. The first-order chi connectivity index (χ1) is 17.2. The standard InChI is InChI=1S/C25H22Cl3F6NO3/c1-12(22(37)38-23(2,3)4)35-21(36)15-7-5-13(9-17(15)25(32,33)34)6-8-16(24(29,30)31)14-10-18(26)20(28)19(27)11-14/h5-12,16H,1-4H3,(H,35,36)/b8-6+/t12-,16?/m1/s1. The molecule has 0 bridgehead atoms. The van der Waals surface area contributed by atoms with Crippen LogP contribution in [0.15, 0.2) is 36.4 Å². The van der Waals surface area contributed by atoms with Crippen molar-refractivity contribution in [2.75, 3.05) is 0 Å². The summed E-state index contributed by atoms with van der Waals surface area (Å²) in [6.45, 7) is 5.97. The average Bonchev–Trinajstić information content (AvgIpc) is 2.74. The third-order valence-corrected chi connectivity index (χ3v) is 6.10. The number of halogens is 9. The van der Waals surface area contributed by atoms with E-state index in [1.807, 2.05) is 0 Å². The van der Waals surface area contributed by atoms with Gasteiger partial charge in [0.25, 0.3) is 5.91 Å². The summed E-state index contributed by atoms with van der Waals surface area (Å²) in [4.78, 5) is 24.6. The van der Waals surface area contributed by atoms with E-state index in [2.05, 4.69) is 5.32 Å². The van der Waals surface area contributed by atoms with E-state index in [0.717, 1.165) is 30.3 Å². The zero-order valence-electron chi connectivity index (χ0n) is 20.3. The molecule has 0 fully saturated rings. The van der Waals surface area contributed by atoms with Crippen molar-refractivity contribution in [1.29, 1.82) is 0 Å². The van der Waals surface area contributed by atoms with Crippen LogP contribution in [0.5, 0.6) is 0 Å².